The fraction of sp³-hybridized carbons (Fsp3) is 0.417. The van der Waals surface area contributed by atoms with E-state index < -0.39 is 16.1 Å². The SMILES string of the molecule is CCCCNC(=O)NS(=O)(=O)c1cc(C)cc(N)c1. The molecule has 106 valence electrons. The zero-order chi connectivity index (χ0) is 14.5. The topological polar surface area (TPSA) is 101 Å². The summed E-state index contributed by atoms with van der Waals surface area (Å²) in [6.45, 7) is 4.15. The highest BCUT2D eigenvalue weighted by molar-refractivity contribution is 7.90. The maximum Gasteiger partial charge on any atom is 0.328 e. The van der Waals surface area contributed by atoms with Crippen molar-refractivity contribution < 1.29 is 13.2 Å². The highest BCUT2D eigenvalue weighted by Gasteiger charge is 2.17. The number of benzene rings is 1. The van der Waals surface area contributed by atoms with E-state index in [1.165, 1.54) is 12.1 Å². The lowest BCUT2D eigenvalue weighted by atomic mass is 10.2. The minimum absolute atomic E-state index is 0.0179. The van der Waals surface area contributed by atoms with E-state index >= 15 is 0 Å². The van der Waals surface area contributed by atoms with Gasteiger partial charge in [0, 0.05) is 12.2 Å². The maximum atomic E-state index is 12.0. The van der Waals surface area contributed by atoms with Gasteiger partial charge in [-0.25, -0.2) is 17.9 Å². The van der Waals surface area contributed by atoms with Crippen LogP contribution in [-0.2, 0) is 10.0 Å². The van der Waals surface area contributed by atoms with Gasteiger partial charge in [-0.15, -0.1) is 0 Å². The molecule has 1 aromatic rings. The van der Waals surface area contributed by atoms with E-state index in [1.54, 1.807) is 13.0 Å². The van der Waals surface area contributed by atoms with Crippen molar-refractivity contribution in [1.29, 1.82) is 0 Å². The monoisotopic (exact) mass is 285 g/mol. The Balaban J connectivity index is 2.78. The molecular formula is C12H19N3O3S. The molecule has 0 aliphatic heterocycles. The molecule has 4 N–H and O–H groups in total. The number of nitrogens with two attached hydrogens (primary N) is 1. The Kier molecular flexibility index (Phi) is 5.17. The van der Waals surface area contributed by atoms with Crippen molar-refractivity contribution in [1.82, 2.24) is 10.0 Å². The third-order valence-electron chi connectivity index (χ3n) is 2.43. The number of unbranched alkanes of at least 4 members (excludes halogenated alkanes) is 1. The van der Waals surface area contributed by atoms with Gasteiger partial charge in [0.2, 0.25) is 0 Å². The molecule has 19 heavy (non-hydrogen) atoms. The van der Waals surface area contributed by atoms with Gasteiger partial charge < -0.3 is 11.1 Å². The predicted molar refractivity (Wildman–Crippen MR) is 74.2 cm³/mol. The molecule has 7 heteroatoms. The van der Waals surface area contributed by atoms with Gasteiger partial charge in [-0.2, -0.15) is 0 Å². The summed E-state index contributed by atoms with van der Waals surface area (Å²) < 4.78 is 25.9. The van der Waals surface area contributed by atoms with E-state index in [1.807, 2.05) is 11.6 Å². The summed E-state index contributed by atoms with van der Waals surface area (Å²) in [5, 5.41) is 2.48. The van der Waals surface area contributed by atoms with E-state index in [2.05, 4.69) is 5.32 Å². The zero-order valence-corrected chi connectivity index (χ0v) is 11.9. The second-order valence-electron chi connectivity index (χ2n) is 4.29. The molecule has 0 aliphatic rings. The Bertz CT molecular complexity index is 535. The number of anilines is 1. The summed E-state index contributed by atoms with van der Waals surface area (Å²) in [6, 6.07) is 3.70. The van der Waals surface area contributed by atoms with Crippen molar-refractivity contribution in [2.24, 2.45) is 0 Å². The molecule has 1 rings (SSSR count). The lowest BCUT2D eigenvalue weighted by Crippen LogP contribution is -2.39. The van der Waals surface area contributed by atoms with Gasteiger partial charge in [0.1, 0.15) is 0 Å². The van der Waals surface area contributed by atoms with Gasteiger partial charge in [-0.05, 0) is 37.1 Å². The van der Waals surface area contributed by atoms with Crippen LogP contribution in [0.3, 0.4) is 0 Å². The lowest BCUT2D eigenvalue weighted by Gasteiger charge is -2.09. The normalized spacial score (nSPS) is 11.1. The van der Waals surface area contributed by atoms with Gasteiger partial charge >= 0.3 is 6.03 Å². The molecule has 6 nitrogen and oxygen atoms in total. The fourth-order valence-corrected chi connectivity index (χ4v) is 2.59. The number of carbonyl (C=O) groups excluding carboxylic acids is 1. The first-order valence-corrected chi connectivity index (χ1v) is 7.51. The maximum absolute atomic E-state index is 12.0. The first kappa shape index (κ1) is 15.3. The average Bonchev–Trinajstić information content (AvgIpc) is 2.27. The van der Waals surface area contributed by atoms with E-state index in [0.717, 1.165) is 12.8 Å². The minimum Gasteiger partial charge on any atom is -0.399 e. The molecule has 2 amide bonds. The number of hydrogen-bond donors (Lipinski definition) is 3. The van der Waals surface area contributed by atoms with Crippen LogP contribution in [0.5, 0.6) is 0 Å². The van der Waals surface area contributed by atoms with Crippen molar-refractivity contribution in [2.75, 3.05) is 12.3 Å². The highest BCUT2D eigenvalue weighted by Crippen LogP contribution is 2.15. The van der Waals surface area contributed by atoms with E-state index in [9.17, 15) is 13.2 Å². The molecule has 0 saturated carbocycles. The van der Waals surface area contributed by atoms with Crippen molar-refractivity contribution >= 4 is 21.7 Å². The van der Waals surface area contributed by atoms with Crippen LogP contribution in [0, 0.1) is 6.92 Å². The molecule has 0 saturated heterocycles. The number of carbonyl (C=O) groups is 1. The van der Waals surface area contributed by atoms with Crippen LogP contribution in [0.2, 0.25) is 0 Å². The Morgan fingerprint density at radius 1 is 1.32 bits per heavy atom. The quantitative estimate of drug-likeness (QED) is 0.561. The standard InChI is InChI=1S/C12H19N3O3S/c1-3-4-5-14-12(16)15-19(17,18)11-7-9(2)6-10(13)8-11/h6-8H,3-5,13H2,1-2H3,(H2,14,15,16). The van der Waals surface area contributed by atoms with E-state index in [-0.39, 0.29) is 4.90 Å². The summed E-state index contributed by atoms with van der Waals surface area (Å²) in [5.74, 6) is 0. The van der Waals surface area contributed by atoms with Crippen molar-refractivity contribution in [2.45, 2.75) is 31.6 Å². The Morgan fingerprint density at radius 2 is 2.00 bits per heavy atom. The Labute approximate surface area is 113 Å². The third kappa shape index (κ3) is 4.78. The van der Waals surface area contributed by atoms with Crippen molar-refractivity contribution in [3.05, 3.63) is 23.8 Å². The van der Waals surface area contributed by atoms with Gasteiger partial charge in [0.25, 0.3) is 10.0 Å². The van der Waals surface area contributed by atoms with E-state index in [0.29, 0.717) is 17.8 Å². The van der Waals surface area contributed by atoms with Crippen molar-refractivity contribution in [3.63, 3.8) is 0 Å². The van der Waals surface area contributed by atoms with Crippen LogP contribution in [0.25, 0.3) is 0 Å². The minimum atomic E-state index is -3.88. The number of sulfonamides is 1. The zero-order valence-electron chi connectivity index (χ0n) is 11.1. The van der Waals surface area contributed by atoms with Crippen LogP contribution < -0.4 is 15.8 Å². The molecule has 0 fully saturated rings. The predicted octanol–water partition coefficient (Wildman–Crippen LogP) is 1.37. The summed E-state index contributed by atoms with van der Waals surface area (Å²) in [5.41, 5.74) is 6.65. The van der Waals surface area contributed by atoms with Crippen LogP contribution >= 0.6 is 0 Å². The molecule has 0 aliphatic carbocycles. The molecular weight excluding hydrogens is 266 g/mol. The molecule has 0 atom stereocenters. The van der Waals surface area contributed by atoms with Gasteiger partial charge in [-0.1, -0.05) is 13.3 Å². The van der Waals surface area contributed by atoms with Crippen LogP contribution in [0.15, 0.2) is 23.1 Å². The second-order valence-corrected chi connectivity index (χ2v) is 5.98. The molecule has 0 heterocycles. The Morgan fingerprint density at radius 3 is 2.58 bits per heavy atom. The largest absolute Gasteiger partial charge is 0.399 e. The number of amides is 2. The lowest BCUT2D eigenvalue weighted by molar-refractivity contribution is 0.245. The first-order chi connectivity index (χ1) is 8.85. The molecule has 1 aromatic carbocycles. The number of nitrogens with one attached hydrogen (secondary N) is 2. The molecule has 0 bridgehead atoms. The smallest absolute Gasteiger partial charge is 0.328 e. The van der Waals surface area contributed by atoms with Gasteiger partial charge in [0.15, 0.2) is 0 Å². The molecule has 0 aromatic heterocycles. The van der Waals surface area contributed by atoms with E-state index in [4.69, 9.17) is 5.73 Å². The summed E-state index contributed by atoms with van der Waals surface area (Å²) >= 11 is 0. The number of aryl methyl sites for hydroxylation is 1. The summed E-state index contributed by atoms with van der Waals surface area (Å²) in [4.78, 5) is 11.4. The molecule has 0 unspecified atom stereocenters. The van der Waals surface area contributed by atoms with Crippen molar-refractivity contribution in [3.8, 4) is 0 Å². The van der Waals surface area contributed by atoms with Gasteiger partial charge in [0.05, 0.1) is 4.90 Å². The van der Waals surface area contributed by atoms with Gasteiger partial charge in [-0.3, -0.25) is 0 Å². The summed E-state index contributed by atoms with van der Waals surface area (Å²) in [6.07, 6.45) is 1.71. The number of urea groups is 1. The average molecular weight is 285 g/mol. The highest BCUT2D eigenvalue weighted by atomic mass is 32.2. The third-order valence-corrected chi connectivity index (χ3v) is 3.74. The number of hydrogen-bond acceptors (Lipinski definition) is 4. The Hall–Kier alpha value is -1.76. The number of rotatable bonds is 5. The molecule has 0 spiro atoms. The second kappa shape index (κ2) is 6.42. The van der Waals surface area contributed by atoms with Crippen LogP contribution in [0.4, 0.5) is 10.5 Å². The first-order valence-electron chi connectivity index (χ1n) is 6.03. The van der Waals surface area contributed by atoms with Crippen LogP contribution in [0.1, 0.15) is 25.3 Å². The van der Waals surface area contributed by atoms with Crippen LogP contribution in [-0.4, -0.2) is 21.0 Å². The fourth-order valence-electron chi connectivity index (χ4n) is 1.53. The number of nitrogen functional groups attached to an aromatic ring is 1. The molecule has 0 radical (unpaired) electrons. The summed E-state index contributed by atoms with van der Waals surface area (Å²) in [7, 11) is -3.88.